The lowest BCUT2D eigenvalue weighted by atomic mass is 9.95. The quantitative estimate of drug-likeness (QED) is 0.747. The van der Waals surface area contributed by atoms with E-state index in [-0.39, 0.29) is 10.8 Å². The fraction of sp³-hybridized carbons (Fsp3) is 0.400. The van der Waals surface area contributed by atoms with Gasteiger partial charge in [0.1, 0.15) is 5.00 Å². The number of nitrogens with zero attached hydrogens (tertiary/aromatic N) is 1. The molecule has 1 aromatic carbocycles. The van der Waals surface area contributed by atoms with Crippen molar-refractivity contribution in [2.75, 3.05) is 23.3 Å². The maximum atomic E-state index is 13.1. The fourth-order valence-electron chi connectivity index (χ4n) is 4.01. The summed E-state index contributed by atoms with van der Waals surface area (Å²) < 4.78 is 33.6. The van der Waals surface area contributed by atoms with E-state index < -0.39 is 16.0 Å². The summed E-state index contributed by atoms with van der Waals surface area (Å²) >= 11 is 1.31. The highest BCUT2D eigenvalue weighted by Gasteiger charge is 2.30. The number of carbonyl (C=O) groups is 2. The van der Waals surface area contributed by atoms with Crippen LogP contribution in [0, 0.1) is 0 Å². The van der Waals surface area contributed by atoms with Gasteiger partial charge in [0.05, 0.1) is 17.6 Å². The Morgan fingerprint density at radius 1 is 1.17 bits per heavy atom. The molecule has 0 atom stereocenters. The van der Waals surface area contributed by atoms with Gasteiger partial charge in [0.15, 0.2) is 0 Å². The molecule has 0 fully saturated rings. The van der Waals surface area contributed by atoms with Crippen LogP contribution in [0.5, 0.6) is 0 Å². The second kappa shape index (κ2) is 7.46. The summed E-state index contributed by atoms with van der Waals surface area (Å²) in [5.74, 6) is -0.586. The summed E-state index contributed by atoms with van der Waals surface area (Å²) in [5.41, 5.74) is 2.80. The van der Waals surface area contributed by atoms with Gasteiger partial charge in [0, 0.05) is 24.0 Å². The van der Waals surface area contributed by atoms with Gasteiger partial charge in [-0.3, -0.25) is 9.52 Å². The summed E-state index contributed by atoms with van der Waals surface area (Å²) in [6, 6.07) is 4.76. The molecule has 0 saturated heterocycles. The fourth-order valence-corrected chi connectivity index (χ4v) is 6.64. The molecule has 7 nitrogen and oxygen atoms in total. The molecule has 0 spiro atoms. The van der Waals surface area contributed by atoms with Crippen molar-refractivity contribution in [3.8, 4) is 0 Å². The first kappa shape index (κ1) is 19.9. The van der Waals surface area contributed by atoms with Gasteiger partial charge in [0.2, 0.25) is 5.91 Å². The molecule has 2 aliphatic rings. The van der Waals surface area contributed by atoms with Crippen LogP contribution in [0.15, 0.2) is 23.1 Å². The number of thiophene rings is 1. The van der Waals surface area contributed by atoms with Crippen LogP contribution in [0.4, 0.5) is 10.7 Å². The molecule has 2 aromatic rings. The summed E-state index contributed by atoms with van der Waals surface area (Å²) in [5, 5.41) is 0.314. The molecule has 1 aromatic heterocycles. The third kappa shape index (κ3) is 3.53. The number of carbonyl (C=O) groups excluding carboxylic acids is 2. The molecule has 1 aliphatic carbocycles. The molecule has 9 heteroatoms. The number of methoxy groups -OCH3 is 1. The predicted molar refractivity (Wildman–Crippen MR) is 111 cm³/mol. The lowest BCUT2D eigenvalue weighted by molar-refractivity contribution is -0.116. The van der Waals surface area contributed by atoms with E-state index in [0.29, 0.717) is 23.5 Å². The topological polar surface area (TPSA) is 92.8 Å². The number of esters is 1. The van der Waals surface area contributed by atoms with Crippen molar-refractivity contribution < 1.29 is 22.7 Å². The number of sulfonamides is 1. The number of hydrogen-bond donors (Lipinski definition) is 1. The summed E-state index contributed by atoms with van der Waals surface area (Å²) in [4.78, 5) is 26.9. The first-order chi connectivity index (χ1) is 13.8. The van der Waals surface area contributed by atoms with E-state index in [4.69, 9.17) is 4.74 Å². The molecule has 29 heavy (non-hydrogen) atoms. The van der Waals surface area contributed by atoms with Gasteiger partial charge in [-0.25, -0.2) is 13.2 Å². The van der Waals surface area contributed by atoms with Crippen LogP contribution in [0.1, 0.15) is 46.1 Å². The molecule has 0 saturated carbocycles. The zero-order valence-electron chi connectivity index (χ0n) is 16.3. The molecule has 1 amide bonds. The average Bonchev–Trinajstić information content (AvgIpc) is 3.27. The smallest absolute Gasteiger partial charge is 0.341 e. The van der Waals surface area contributed by atoms with E-state index in [1.54, 1.807) is 17.0 Å². The van der Waals surface area contributed by atoms with E-state index in [2.05, 4.69) is 4.72 Å². The number of nitrogens with one attached hydrogen (secondary N) is 1. The third-order valence-electron chi connectivity index (χ3n) is 5.42. The number of benzene rings is 1. The maximum absolute atomic E-state index is 13.1. The molecule has 0 radical (unpaired) electrons. The summed E-state index contributed by atoms with van der Waals surface area (Å²) in [6.45, 7) is 2.04. The van der Waals surface area contributed by atoms with Crippen molar-refractivity contribution in [2.45, 2.75) is 43.9 Å². The van der Waals surface area contributed by atoms with Crippen molar-refractivity contribution in [3.05, 3.63) is 39.8 Å². The van der Waals surface area contributed by atoms with Gasteiger partial charge in [-0.05, 0) is 61.4 Å². The van der Waals surface area contributed by atoms with Gasteiger partial charge in [-0.2, -0.15) is 0 Å². The first-order valence-electron chi connectivity index (χ1n) is 9.48. The summed E-state index contributed by atoms with van der Waals surface area (Å²) in [7, 11) is -2.59. The normalized spacial score (nSPS) is 15.6. The number of anilines is 2. The Balaban J connectivity index is 1.69. The molecule has 4 rings (SSSR count). The lowest BCUT2D eigenvalue weighted by Gasteiger charge is -2.15. The van der Waals surface area contributed by atoms with Gasteiger partial charge < -0.3 is 9.64 Å². The zero-order chi connectivity index (χ0) is 20.8. The molecular weight excluding hydrogens is 412 g/mol. The number of fused-ring (bicyclic) bond motifs is 2. The van der Waals surface area contributed by atoms with Gasteiger partial charge in [-0.15, -0.1) is 11.3 Å². The van der Waals surface area contributed by atoms with Gasteiger partial charge in [-0.1, -0.05) is 0 Å². The van der Waals surface area contributed by atoms with Gasteiger partial charge >= 0.3 is 5.97 Å². The Kier molecular flexibility index (Phi) is 5.12. The molecule has 154 valence electrons. The van der Waals surface area contributed by atoms with Crippen molar-refractivity contribution in [2.24, 2.45) is 0 Å². The van der Waals surface area contributed by atoms with E-state index in [1.807, 2.05) is 0 Å². The monoisotopic (exact) mass is 434 g/mol. The second-order valence-corrected chi connectivity index (χ2v) is 10.0. The van der Waals surface area contributed by atoms with E-state index >= 15 is 0 Å². The minimum atomic E-state index is -3.89. The predicted octanol–water partition coefficient (Wildman–Crippen LogP) is 3.12. The van der Waals surface area contributed by atoms with Crippen LogP contribution < -0.4 is 9.62 Å². The highest BCUT2D eigenvalue weighted by atomic mass is 32.2. The number of ether oxygens (including phenoxy) is 1. The molecule has 2 heterocycles. The minimum Gasteiger partial charge on any atom is -0.465 e. The Hall–Kier alpha value is -2.39. The Labute approximate surface area is 173 Å². The van der Waals surface area contributed by atoms with E-state index in [0.717, 1.165) is 47.4 Å². The van der Waals surface area contributed by atoms with Crippen molar-refractivity contribution in [1.29, 1.82) is 0 Å². The first-order valence-corrected chi connectivity index (χ1v) is 11.8. The van der Waals surface area contributed by atoms with Crippen LogP contribution in [0.3, 0.4) is 0 Å². The van der Waals surface area contributed by atoms with E-state index in [1.165, 1.54) is 31.4 Å². The zero-order valence-corrected chi connectivity index (χ0v) is 17.9. The number of rotatable bonds is 4. The van der Waals surface area contributed by atoms with Gasteiger partial charge in [0.25, 0.3) is 10.0 Å². The molecular formula is C20H22N2O5S2. The standard InChI is InChI=1S/C20H22N2O5S2/c1-12(23)22-10-9-13-11-14(7-8-16(13)22)29(25,26)21-19-18(20(24)27-2)15-5-3-4-6-17(15)28-19/h7-8,11,21H,3-6,9-10H2,1-2H3. The number of hydrogen-bond acceptors (Lipinski definition) is 6. The van der Waals surface area contributed by atoms with Crippen LogP contribution in [0.25, 0.3) is 0 Å². The molecule has 0 unspecified atom stereocenters. The summed E-state index contributed by atoms with van der Waals surface area (Å²) in [6.07, 6.45) is 4.19. The van der Waals surface area contributed by atoms with Crippen molar-refractivity contribution in [3.63, 3.8) is 0 Å². The van der Waals surface area contributed by atoms with Crippen molar-refractivity contribution >= 4 is 43.9 Å². The largest absolute Gasteiger partial charge is 0.465 e. The third-order valence-corrected chi connectivity index (χ3v) is 8.11. The SMILES string of the molecule is COC(=O)c1c(NS(=O)(=O)c2ccc3c(c2)CCN3C(C)=O)sc2c1CCCC2. The minimum absolute atomic E-state index is 0.0654. The Morgan fingerprint density at radius 2 is 1.93 bits per heavy atom. The van der Waals surface area contributed by atoms with Crippen molar-refractivity contribution in [1.82, 2.24) is 0 Å². The Bertz CT molecular complexity index is 1100. The molecule has 1 aliphatic heterocycles. The number of amides is 1. The average molecular weight is 435 g/mol. The number of aryl methyl sites for hydroxylation is 1. The lowest BCUT2D eigenvalue weighted by Crippen LogP contribution is -2.25. The van der Waals surface area contributed by atoms with Crippen LogP contribution in [-0.4, -0.2) is 33.9 Å². The van der Waals surface area contributed by atoms with Crippen LogP contribution >= 0.6 is 11.3 Å². The highest BCUT2D eigenvalue weighted by molar-refractivity contribution is 7.93. The molecule has 0 bridgehead atoms. The van der Waals surface area contributed by atoms with Crippen LogP contribution in [0.2, 0.25) is 0 Å². The Morgan fingerprint density at radius 3 is 2.66 bits per heavy atom. The highest BCUT2D eigenvalue weighted by Crippen LogP contribution is 2.40. The maximum Gasteiger partial charge on any atom is 0.341 e. The molecule has 1 N–H and O–H groups in total. The van der Waals surface area contributed by atoms with Crippen LogP contribution in [-0.2, 0) is 38.8 Å². The second-order valence-electron chi connectivity index (χ2n) is 7.22. The van der Waals surface area contributed by atoms with E-state index in [9.17, 15) is 18.0 Å².